The number of ether oxygens (including phenoxy) is 2. The van der Waals surface area contributed by atoms with Crippen molar-refractivity contribution < 1.29 is 28.2 Å². The first-order chi connectivity index (χ1) is 19.6. The van der Waals surface area contributed by atoms with Gasteiger partial charge in [0, 0.05) is 5.92 Å². The summed E-state index contributed by atoms with van der Waals surface area (Å²) in [5.41, 5.74) is 0.471. The van der Waals surface area contributed by atoms with Gasteiger partial charge in [0.15, 0.2) is 18.2 Å². The molecule has 0 amide bonds. The summed E-state index contributed by atoms with van der Waals surface area (Å²) in [6.07, 6.45) is 8.80. The van der Waals surface area contributed by atoms with Crippen LogP contribution < -0.4 is 0 Å². The Morgan fingerprint density at radius 3 is 2.19 bits per heavy atom. The van der Waals surface area contributed by atoms with Gasteiger partial charge in [-0.1, -0.05) is 74.3 Å². The van der Waals surface area contributed by atoms with Crippen molar-refractivity contribution in [3.8, 4) is 0 Å². The van der Waals surface area contributed by atoms with E-state index in [4.69, 9.17) is 9.47 Å². The monoisotopic (exact) mass is 594 g/mol. The number of hydrogen-bond acceptors (Lipinski definition) is 4. The Morgan fingerprint density at radius 1 is 1.00 bits per heavy atom. The molecule has 242 valence electrons. The molecular formula is C36H60F2O4. The number of esters is 1. The largest absolute Gasteiger partial charge is 0.454 e. The molecule has 0 spiro atoms. The van der Waals surface area contributed by atoms with Crippen LogP contribution in [0.2, 0.25) is 0 Å². The molecule has 8 unspecified atom stereocenters. The maximum Gasteiger partial charge on any atom is 0.309 e. The molecule has 6 heteroatoms. The van der Waals surface area contributed by atoms with Gasteiger partial charge in [0.05, 0.1) is 17.9 Å². The minimum absolute atomic E-state index is 0.203. The number of allylic oxidation sites excluding steroid dienone is 1. The summed E-state index contributed by atoms with van der Waals surface area (Å²) in [6, 6.07) is 0. The first-order valence-electron chi connectivity index (χ1n) is 16.8. The van der Waals surface area contributed by atoms with Gasteiger partial charge < -0.3 is 14.6 Å². The number of rotatable bonds is 9. The van der Waals surface area contributed by atoms with Gasteiger partial charge in [-0.25, -0.2) is 8.78 Å². The summed E-state index contributed by atoms with van der Waals surface area (Å²) < 4.78 is 42.9. The normalized spacial score (nSPS) is 34.8. The average Bonchev–Trinajstić information content (AvgIpc) is 3.16. The zero-order chi connectivity index (χ0) is 31.4. The third kappa shape index (κ3) is 8.89. The van der Waals surface area contributed by atoms with Crippen LogP contribution in [0.5, 0.6) is 0 Å². The first-order valence-corrected chi connectivity index (χ1v) is 16.8. The van der Waals surface area contributed by atoms with E-state index in [0.29, 0.717) is 17.8 Å². The van der Waals surface area contributed by atoms with E-state index in [0.717, 1.165) is 70.6 Å². The van der Waals surface area contributed by atoms with E-state index in [9.17, 15) is 9.90 Å². The van der Waals surface area contributed by atoms with Crippen molar-refractivity contribution in [2.75, 3.05) is 0 Å². The topological polar surface area (TPSA) is 55.8 Å². The van der Waals surface area contributed by atoms with Gasteiger partial charge in [-0.2, -0.15) is 0 Å². The lowest BCUT2D eigenvalue weighted by Crippen LogP contribution is -2.45. The highest BCUT2D eigenvalue weighted by Gasteiger charge is 2.48. The van der Waals surface area contributed by atoms with E-state index in [2.05, 4.69) is 55.0 Å². The standard InChI is InChI=1S/C36H60F2O4/c1-10-23(21-35(4,5)6)24-15-17-25(18-16-24)33(39)42-32-22(3)28(11-2)29(30(37)31(32)38)34(40)41-27-14-12-13-26(19-20-27)36(7,8)9/h11,22-29,32,34,40H,2,10,12-21H2,1,3-9H3. The second kappa shape index (κ2) is 14.7. The van der Waals surface area contributed by atoms with E-state index >= 15 is 8.78 Å². The van der Waals surface area contributed by atoms with Gasteiger partial charge in [0.2, 0.25) is 0 Å². The summed E-state index contributed by atoms with van der Waals surface area (Å²) in [5, 5.41) is 11.1. The molecule has 3 aliphatic carbocycles. The van der Waals surface area contributed by atoms with Crippen LogP contribution >= 0.6 is 0 Å². The van der Waals surface area contributed by atoms with Crippen LogP contribution in [-0.4, -0.2) is 29.6 Å². The van der Waals surface area contributed by atoms with Crippen LogP contribution in [0.15, 0.2) is 24.3 Å². The molecule has 2 saturated carbocycles. The molecule has 0 aliphatic heterocycles. The summed E-state index contributed by atoms with van der Waals surface area (Å²) >= 11 is 0. The maximum absolute atomic E-state index is 15.6. The number of hydrogen-bond donors (Lipinski definition) is 1. The van der Waals surface area contributed by atoms with Gasteiger partial charge in [0.1, 0.15) is 5.83 Å². The van der Waals surface area contributed by atoms with Crippen molar-refractivity contribution in [2.45, 2.75) is 145 Å². The van der Waals surface area contributed by atoms with Crippen molar-refractivity contribution in [3.63, 3.8) is 0 Å². The lowest BCUT2D eigenvalue weighted by Gasteiger charge is -2.41. The molecule has 1 N–H and O–H groups in total. The number of aliphatic hydroxyl groups excluding tert-OH is 1. The number of carbonyl (C=O) groups excluding carboxylic acids is 1. The molecule has 0 saturated heterocycles. The molecule has 42 heavy (non-hydrogen) atoms. The highest BCUT2D eigenvalue weighted by Crippen LogP contribution is 2.46. The highest BCUT2D eigenvalue weighted by atomic mass is 19.2. The van der Waals surface area contributed by atoms with Crippen LogP contribution in [0.1, 0.15) is 126 Å². The summed E-state index contributed by atoms with van der Waals surface area (Å²) in [7, 11) is 0. The van der Waals surface area contributed by atoms with Gasteiger partial charge in [0.25, 0.3) is 0 Å². The van der Waals surface area contributed by atoms with Crippen LogP contribution in [0.25, 0.3) is 0 Å². The fourth-order valence-corrected chi connectivity index (χ4v) is 8.09. The fourth-order valence-electron chi connectivity index (χ4n) is 8.09. The molecule has 0 radical (unpaired) electrons. The van der Waals surface area contributed by atoms with Crippen LogP contribution in [0.3, 0.4) is 0 Å². The zero-order valence-electron chi connectivity index (χ0n) is 27.8. The molecule has 0 aromatic rings. The summed E-state index contributed by atoms with van der Waals surface area (Å²) in [6.45, 7) is 21.4. The number of aliphatic hydroxyl groups is 1. The molecule has 3 rings (SSSR count). The molecule has 0 aromatic heterocycles. The lowest BCUT2D eigenvalue weighted by molar-refractivity contribution is -0.183. The SMILES string of the molecule is C=CC1C(C)C(OC(=O)C2CCC(C(CC)CC(C)(C)C)CC2)C(F)=C(F)C1C(O)OC1CCCC(C(C)(C)C)CC1. The van der Waals surface area contributed by atoms with Gasteiger partial charge in [-0.15, -0.1) is 6.58 Å². The average molecular weight is 595 g/mol. The molecule has 4 nitrogen and oxygen atoms in total. The Hall–Kier alpha value is -1.27. The van der Waals surface area contributed by atoms with Crippen molar-refractivity contribution in [1.29, 1.82) is 0 Å². The lowest BCUT2D eigenvalue weighted by atomic mass is 9.70. The Balaban J connectivity index is 1.63. The summed E-state index contributed by atoms with van der Waals surface area (Å²) in [4.78, 5) is 13.2. The number of carbonyl (C=O) groups is 1. The Labute approximate surface area is 255 Å². The second-order valence-electron chi connectivity index (χ2n) is 16.0. The Morgan fingerprint density at radius 2 is 1.64 bits per heavy atom. The van der Waals surface area contributed by atoms with Crippen molar-refractivity contribution in [1.82, 2.24) is 0 Å². The predicted octanol–water partition coefficient (Wildman–Crippen LogP) is 9.72. The van der Waals surface area contributed by atoms with Gasteiger partial charge >= 0.3 is 5.97 Å². The minimum Gasteiger partial charge on any atom is -0.454 e. The summed E-state index contributed by atoms with van der Waals surface area (Å²) in [5.74, 6) is -3.56. The maximum atomic E-state index is 15.6. The Kier molecular flexibility index (Phi) is 12.3. The minimum atomic E-state index is -1.50. The highest BCUT2D eigenvalue weighted by molar-refractivity contribution is 5.73. The third-order valence-electron chi connectivity index (χ3n) is 10.7. The molecular weight excluding hydrogens is 534 g/mol. The Bertz CT molecular complexity index is 924. The van der Waals surface area contributed by atoms with Crippen molar-refractivity contribution >= 4 is 5.97 Å². The van der Waals surface area contributed by atoms with Gasteiger partial charge in [-0.05, 0) is 92.3 Å². The van der Waals surface area contributed by atoms with E-state index < -0.39 is 47.8 Å². The molecule has 3 aliphatic rings. The number of halogens is 2. The van der Waals surface area contributed by atoms with Crippen molar-refractivity contribution in [3.05, 3.63) is 24.3 Å². The van der Waals surface area contributed by atoms with E-state index in [1.807, 2.05) is 0 Å². The quantitative estimate of drug-likeness (QED) is 0.125. The fraction of sp³-hybridized carbons (Fsp3) is 0.861. The van der Waals surface area contributed by atoms with Crippen molar-refractivity contribution in [2.24, 2.45) is 52.3 Å². The van der Waals surface area contributed by atoms with E-state index in [1.165, 1.54) is 0 Å². The predicted molar refractivity (Wildman–Crippen MR) is 166 cm³/mol. The second-order valence-corrected chi connectivity index (χ2v) is 16.0. The third-order valence-corrected chi connectivity index (χ3v) is 10.7. The molecule has 8 atom stereocenters. The zero-order valence-corrected chi connectivity index (χ0v) is 27.8. The van der Waals surface area contributed by atoms with Crippen LogP contribution in [0.4, 0.5) is 8.78 Å². The van der Waals surface area contributed by atoms with Crippen LogP contribution in [-0.2, 0) is 14.3 Å². The first kappa shape index (κ1) is 35.2. The van der Waals surface area contributed by atoms with Crippen LogP contribution in [0, 0.1) is 52.3 Å². The van der Waals surface area contributed by atoms with E-state index in [1.54, 1.807) is 13.0 Å². The smallest absolute Gasteiger partial charge is 0.309 e. The molecule has 0 aromatic carbocycles. The van der Waals surface area contributed by atoms with E-state index in [-0.39, 0.29) is 22.9 Å². The molecule has 2 fully saturated rings. The van der Waals surface area contributed by atoms with Gasteiger partial charge in [-0.3, -0.25) is 4.79 Å². The molecule has 0 bridgehead atoms. The molecule has 0 heterocycles.